The van der Waals surface area contributed by atoms with Gasteiger partial charge < -0.3 is 19.8 Å². The molecule has 1 aromatic heterocycles. The Balaban J connectivity index is 1.83. The van der Waals surface area contributed by atoms with Gasteiger partial charge in [0.15, 0.2) is 5.76 Å². The van der Waals surface area contributed by atoms with Crippen molar-refractivity contribution in [2.24, 2.45) is 0 Å². The summed E-state index contributed by atoms with van der Waals surface area (Å²) in [5.41, 5.74) is 1.51. The molecule has 0 saturated heterocycles. The zero-order valence-electron chi connectivity index (χ0n) is 13.8. The molecule has 26 heavy (non-hydrogen) atoms. The number of furan rings is 1. The predicted molar refractivity (Wildman–Crippen MR) is 107 cm³/mol. The molecular weight excluding hydrogens is 447 g/mol. The minimum absolute atomic E-state index is 0.199. The number of nitrogens with one attached hydrogen (secondary N) is 2. The molecule has 0 fully saturated rings. The van der Waals surface area contributed by atoms with Crippen molar-refractivity contribution in [1.82, 2.24) is 0 Å². The fraction of sp³-hybridized carbons (Fsp3) is 0.0526. The first-order valence-corrected chi connectivity index (χ1v) is 8.75. The molecule has 6 nitrogen and oxygen atoms in total. The summed E-state index contributed by atoms with van der Waals surface area (Å²) in [5, 5.41) is 5.54. The van der Waals surface area contributed by atoms with Crippen molar-refractivity contribution in [2.45, 2.75) is 0 Å². The highest BCUT2D eigenvalue weighted by atomic mass is 127. The van der Waals surface area contributed by atoms with E-state index in [9.17, 15) is 9.59 Å². The molecule has 1 heterocycles. The lowest BCUT2D eigenvalue weighted by atomic mass is 10.2. The van der Waals surface area contributed by atoms with Gasteiger partial charge in [0.25, 0.3) is 11.8 Å². The minimum atomic E-state index is -0.380. The molecule has 0 saturated carbocycles. The third kappa shape index (κ3) is 4.05. The number of hydrogen-bond acceptors (Lipinski definition) is 4. The number of carbonyl (C=O) groups excluding carboxylic acids is 2. The van der Waals surface area contributed by atoms with Gasteiger partial charge in [-0.05, 0) is 65.1 Å². The maximum atomic E-state index is 12.5. The SMILES string of the molecule is COc1ccc(NC(=O)c2ccco2)cc1NC(=O)c1ccccc1I. The Hall–Kier alpha value is -2.81. The average Bonchev–Trinajstić information content (AvgIpc) is 3.17. The normalized spacial score (nSPS) is 10.2. The topological polar surface area (TPSA) is 80.6 Å². The lowest BCUT2D eigenvalue weighted by molar-refractivity contribution is 0.0995. The molecule has 2 amide bonds. The van der Waals surface area contributed by atoms with Crippen LogP contribution in [-0.4, -0.2) is 18.9 Å². The van der Waals surface area contributed by atoms with E-state index in [0.29, 0.717) is 22.7 Å². The maximum Gasteiger partial charge on any atom is 0.291 e. The lowest BCUT2D eigenvalue weighted by Crippen LogP contribution is -2.15. The van der Waals surface area contributed by atoms with E-state index in [-0.39, 0.29) is 17.6 Å². The van der Waals surface area contributed by atoms with Crippen LogP contribution in [0, 0.1) is 3.57 Å². The molecule has 0 radical (unpaired) electrons. The van der Waals surface area contributed by atoms with Crippen LogP contribution in [0.4, 0.5) is 11.4 Å². The molecule has 132 valence electrons. The van der Waals surface area contributed by atoms with E-state index in [0.717, 1.165) is 3.57 Å². The van der Waals surface area contributed by atoms with E-state index in [1.54, 1.807) is 42.5 Å². The van der Waals surface area contributed by atoms with Gasteiger partial charge in [-0.25, -0.2) is 0 Å². The molecule has 0 bridgehead atoms. The second kappa shape index (κ2) is 8.05. The van der Waals surface area contributed by atoms with E-state index >= 15 is 0 Å². The Bertz CT molecular complexity index is 938. The van der Waals surface area contributed by atoms with E-state index in [2.05, 4.69) is 33.2 Å². The zero-order valence-corrected chi connectivity index (χ0v) is 15.9. The number of benzene rings is 2. The number of methoxy groups -OCH3 is 1. The van der Waals surface area contributed by atoms with E-state index in [4.69, 9.17) is 9.15 Å². The number of anilines is 2. The first-order valence-electron chi connectivity index (χ1n) is 7.67. The van der Waals surface area contributed by atoms with Crippen molar-refractivity contribution >= 4 is 45.8 Å². The molecule has 7 heteroatoms. The first-order chi connectivity index (χ1) is 12.6. The molecule has 0 aliphatic heterocycles. The summed E-state index contributed by atoms with van der Waals surface area (Å²) in [7, 11) is 1.51. The number of carbonyl (C=O) groups is 2. The summed E-state index contributed by atoms with van der Waals surface area (Å²) >= 11 is 2.11. The predicted octanol–water partition coefficient (Wildman–Crippen LogP) is 4.40. The maximum absolute atomic E-state index is 12.5. The van der Waals surface area contributed by atoms with Crippen molar-refractivity contribution in [1.29, 1.82) is 0 Å². The Labute approximate surface area is 163 Å². The van der Waals surface area contributed by atoms with E-state index in [1.807, 2.05) is 12.1 Å². The highest BCUT2D eigenvalue weighted by Gasteiger charge is 2.14. The summed E-state index contributed by atoms with van der Waals surface area (Å²) in [4.78, 5) is 24.7. The molecule has 3 rings (SSSR count). The van der Waals surface area contributed by atoms with Crippen molar-refractivity contribution < 1.29 is 18.7 Å². The first kappa shape index (κ1) is 18.0. The van der Waals surface area contributed by atoms with E-state index < -0.39 is 0 Å². The standard InChI is InChI=1S/C19H15IN2O4/c1-25-16-9-8-12(21-19(24)17-7-4-10-26-17)11-15(16)22-18(23)13-5-2-3-6-14(13)20/h2-11H,1H3,(H,21,24)(H,22,23). The van der Waals surface area contributed by atoms with Crippen LogP contribution in [-0.2, 0) is 0 Å². The van der Waals surface area contributed by atoms with Gasteiger partial charge in [0, 0.05) is 9.26 Å². The number of amides is 2. The largest absolute Gasteiger partial charge is 0.495 e. The highest BCUT2D eigenvalue weighted by molar-refractivity contribution is 14.1. The van der Waals surface area contributed by atoms with Crippen LogP contribution in [0.2, 0.25) is 0 Å². The van der Waals surface area contributed by atoms with Crippen molar-refractivity contribution in [2.75, 3.05) is 17.7 Å². The number of halogens is 1. The quantitative estimate of drug-likeness (QED) is 0.551. The number of ether oxygens (including phenoxy) is 1. The summed E-state index contributed by atoms with van der Waals surface area (Å²) in [6.07, 6.45) is 1.43. The fourth-order valence-electron chi connectivity index (χ4n) is 2.32. The van der Waals surface area contributed by atoms with Gasteiger partial charge in [-0.3, -0.25) is 9.59 Å². The van der Waals surface area contributed by atoms with Crippen LogP contribution in [0.1, 0.15) is 20.9 Å². The van der Waals surface area contributed by atoms with Crippen molar-refractivity contribution in [3.63, 3.8) is 0 Å². The summed E-state index contributed by atoms with van der Waals surface area (Å²) in [5.74, 6) is 0.0448. The van der Waals surface area contributed by atoms with E-state index in [1.165, 1.54) is 13.4 Å². The number of rotatable bonds is 5. The zero-order chi connectivity index (χ0) is 18.5. The van der Waals surface area contributed by atoms with Crippen LogP contribution in [0.15, 0.2) is 65.3 Å². The molecule has 2 aromatic carbocycles. The molecule has 3 aromatic rings. The van der Waals surface area contributed by atoms with Gasteiger partial charge in [0.2, 0.25) is 0 Å². The fourth-order valence-corrected chi connectivity index (χ4v) is 2.95. The Morgan fingerprint density at radius 2 is 1.81 bits per heavy atom. The van der Waals surface area contributed by atoms with Gasteiger partial charge in [-0.2, -0.15) is 0 Å². The highest BCUT2D eigenvalue weighted by Crippen LogP contribution is 2.29. The lowest BCUT2D eigenvalue weighted by Gasteiger charge is -2.13. The van der Waals surface area contributed by atoms with Crippen LogP contribution >= 0.6 is 22.6 Å². The summed E-state index contributed by atoms with van der Waals surface area (Å²) < 4.78 is 11.2. The minimum Gasteiger partial charge on any atom is -0.495 e. The van der Waals surface area contributed by atoms with Crippen molar-refractivity contribution in [3.05, 3.63) is 75.8 Å². The second-order valence-corrected chi connectivity index (χ2v) is 6.44. The van der Waals surface area contributed by atoms with Crippen LogP contribution in [0.3, 0.4) is 0 Å². The van der Waals surface area contributed by atoms with Crippen LogP contribution in [0.5, 0.6) is 5.75 Å². The van der Waals surface area contributed by atoms with Crippen molar-refractivity contribution in [3.8, 4) is 5.75 Å². The molecule has 0 unspecified atom stereocenters. The Morgan fingerprint density at radius 3 is 2.50 bits per heavy atom. The number of hydrogen-bond donors (Lipinski definition) is 2. The summed E-state index contributed by atoms with van der Waals surface area (Å²) in [6.45, 7) is 0. The average molecular weight is 462 g/mol. The van der Waals surface area contributed by atoms with Gasteiger partial charge in [0.1, 0.15) is 5.75 Å². The van der Waals surface area contributed by atoms with Gasteiger partial charge in [0.05, 0.1) is 24.6 Å². The Kier molecular flexibility index (Phi) is 5.57. The third-order valence-corrected chi connectivity index (χ3v) is 4.51. The van der Waals surface area contributed by atoms with Crippen LogP contribution < -0.4 is 15.4 Å². The second-order valence-electron chi connectivity index (χ2n) is 5.28. The Morgan fingerprint density at radius 1 is 1.00 bits per heavy atom. The molecule has 0 atom stereocenters. The van der Waals surface area contributed by atoms with Gasteiger partial charge >= 0.3 is 0 Å². The van der Waals surface area contributed by atoms with Crippen LogP contribution in [0.25, 0.3) is 0 Å². The van der Waals surface area contributed by atoms with Gasteiger partial charge in [-0.1, -0.05) is 12.1 Å². The monoisotopic (exact) mass is 462 g/mol. The molecule has 0 aliphatic rings. The molecular formula is C19H15IN2O4. The van der Waals surface area contributed by atoms with Gasteiger partial charge in [-0.15, -0.1) is 0 Å². The smallest absolute Gasteiger partial charge is 0.291 e. The summed E-state index contributed by atoms with van der Waals surface area (Å²) in [6, 6.07) is 15.4. The molecule has 2 N–H and O–H groups in total. The molecule has 0 spiro atoms. The molecule has 0 aliphatic carbocycles. The third-order valence-electron chi connectivity index (χ3n) is 3.57.